The number of hydrogen-bond donors (Lipinski definition) is 0. The summed E-state index contributed by atoms with van der Waals surface area (Å²) in [5, 5.41) is 9.04. The van der Waals surface area contributed by atoms with E-state index in [4.69, 9.17) is 8.83 Å². The Morgan fingerprint density at radius 3 is 1.11 bits per heavy atom. The average Bonchev–Trinajstić information content (AvgIpc) is 1.56. The van der Waals surface area contributed by atoms with Gasteiger partial charge in [0.15, 0.2) is 0 Å². The molecule has 0 unspecified atom stereocenters. The quantitative estimate of drug-likeness (QED) is 0.103. The minimum absolute atomic E-state index is 0.815. The van der Waals surface area contributed by atoms with Crippen LogP contribution in [0.3, 0.4) is 0 Å². The lowest BCUT2D eigenvalue weighted by atomic mass is 9.94. The van der Waals surface area contributed by atoms with Crippen molar-refractivity contribution in [2.24, 2.45) is 0 Å². The molecule has 4 aromatic heterocycles. The molecule has 0 atom stereocenters. The van der Waals surface area contributed by atoms with Crippen molar-refractivity contribution in [1.82, 2.24) is 9.13 Å². The average molecular weight is 1460 g/mol. The van der Waals surface area contributed by atoms with Crippen LogP contribution in [0.25, 0.3) is 177 Å². The van der Waals surface area contributed by atoms with Gasteiger partial charge in [0.05, 0.1) is 33.4 Å². The van der Waals surface area contributed by atoms with Gasteiger partial charge in [0.2, 0.25) is 0 Å². The van der Waals surface area contributed by atoms with Crippen LogP contribution in [0.2, 0.25) is 0 Å². The third-order valence-electron chi connectivity index (χ3n) is 22.9. The lowest BCUT2D eigenvalue weighted by Gasteiger charge is -2.28. The van der Waals surface area contributed by atoms with E-state index in [1.807, 2.05) is 6.07 Å². The van der Waals surface area contributed by atoms with E-state index in [9.17, 15) is 0 Å². The Hall–Kier alpha value is -15.2. The molecule has 0 radical (unpaired) electrons. The number of aromatic nitrogens is 2. The van der Waals surface area contributed by atoms with Gasteiger partial charge in [-0.2, -0.15) is 0 Å². The SMILES string of the molecule is c1ccc(-c2cccc(-c3ccc(N(c4ccc(-n5c6ccccc6c6c(-c7cccc8c7oc7cccc(-c9ccccc9N(c9ccc(-n%10c%11ccccc%11c%11ccccc%11%10)cc9)c9cccc(-c%10cccc(-c%11ccccc%11)c%10)c9)c78)cccc65)cc4)c4ccccc4-c4cccc5oc6ccccc6c45)cc3)c2)cc1. The molecule has 4 heterocycles. The fraction of sp³-hybridized carbons (Fsp3) is 0. The lowest BCUT2D eigenvalue weighted by molar-refractivity contribution is 0.669. The zero-order valence-electron chi connectivity index (χ0n) is 62.0. The summed E-state index contributed by atoms with van der Waals surface area (Å²) in [6.07, 6.45) is 0. The zero-order valence-corrected chi connectivity index (χ0v) is 62.0. The fourth-order valence-corrected chi connectivity index (χ4v) is 17.8. The molecule has 0 saturated carbocycles. The highest BCUT2D eigenvalue weighted by Crippen LogP contribution is 2.51. The van der Waals surface area contributed by atoms with E-state index >= 15 is 0 Å². The predicted octanol–water partition coefficient (Wildman–Crippen LogP) is 30.3. The maximum atomic E-state index is 7.34. The Bertz CT molecular complexity index is 7420. The molecule has 6 nitrogen and oxygen atoms in total. The molecule has 0 aliphatic rings. The van der Waals surface area contributed by atoms with E-state index in [2.05, 4.69) is 438 Å². The molecule has 0 bridgehead atoms. The Kier molecular flexibility index (Phi) is 15.8. The monoisotopic (exact) mass is 1450 g/mol. The summed E-state index contributed by atoms with van der Waals surface area (Å²) in [5.41, 5.74) is 32.0. The Morgan fingerprint density at radius 1 is 0.184 bits per heavy atom. The van der Waals surface area contributed by atoms with Gasteiger partial charge in [-0.1, -0.05) is 285 Å². The Morgan fingerprint density at radius 2 is 0.526 bits per heavy atom. The normalized spacial score (nSPS) is 11.7. The van der Waals surface area contributed by atoms with Crippen LogP contribution in [0.15, 0.2) is 433 Å². The number of rotatable bonds is 15. The third-order valence-corrected chi connectivity index (χ3v) is 22.9. The minimum atomic E-state index is 0.815. The summed E-state index contributed by atoms with van der Waals surface area (Å²) in [6, 6.07) is 154. The summed E-state index contributed by atoms with van der Waals surface area (Å²) in [4.78, 5) is 4.83. The number of fused-ring (bicyclic) bond motifs is 12. The number of nitrogens with zero attached hydrogens (tertiary/aromatic N) is 4. The number of benzene rings is 18. The molecular formula is C108H70N4O2. The van der Waals surface area contributed by atoms with E-state index in [0.717, 1.165) is 167 Å². The van der Waals surface area contributed by atoms with Gasteiger partial charge < -0.3 is 27.8 Å². The van der Waals surface area contributed by atoms with Gasteiger partial charge >= 0.3 is 0 Å². The van der Waals surface area contributed by atoms with Gasteiger partial charge in [0.1, 0.15) is 22.3 Å². The fourth-order valence-electron chi connectivity index (χ4n) is 17.8. The molecule has 6 heteroatoms. The molecule has 22 aromatic rings. The van der Waals surface area contributed by atoms with Gasteiger partial charge in [0, 0.05) is 93.9 Å². The van der Waals surface area contributed by atoms with Crippen LogP contribution >= 0.6 is 0 Å². The first kappa shape index (κ1) is 65.8. The molecule has 18 aromatic carbocycles. The van der Waals surface area contributed by atoms with Crippen LogP contribution in [-0.4, -0.2) is 9.13 Å². The van der Waals surface area contributed by atoms with Gasteiger partial charge in [-0.3, -0.25) is 0 Å². The van der Waals surface area contributed by atoms with Gasteiger partial charge in [-0.05, 0) is 201 Å². The molecular weight excluding hydrogens is 1390 g/mol. The lowest BCUT2D eigenvalue weighted by Crippen LogP contribution is -2.11. The van der Waals surface area contributed by atoms with Crippen LogP contribution in [-0.2, 0) is 0 Å². The van der Waals surface area contributed by atoms with Crippen LogP contribution in [0.5, 0.6) is 0 Å². The maximum Gasteiger partial charge on any atom is 0.143 e. The van der Waals surface area contributed by atoms with Crippen LogP contribution in [0, 0.1) is 0 Å². The zero-order chi connectivity index (χ0) is 75.2. The number of anilines is 6. The van der Waals surface area contributed by atoms with Gasteiger partial charge in [-0.25, -0.2) is 0 Å². The van der Waals surface area contributed by atoms with Crippen molar-refractivity contribution in [1.29, 1.82) is 0 Å². The summed E-state index contributed by atoms with van der Waals surface area (Å²) >= 11 is 0. The highest BCUT2D eigenvalue weighted by Gasteiger charge is 2.27. The highest BCUT2D eigenvalue weighted by atomic mass is 16.3. The maximum absolute atomic E-state index is 7.34. The van der Waals surface area contributed by atoms with Crippen molar-refractivity contribution in [3.05, 3.63) is 425 Å². The van der Waals surface area contributed by atoms with Crippen molar-refractivity contribution in [2.75, 3.05) is 9.80 Å². The molecule has 0 N–H and O–H groups in total. The van der Waals surface area contributed by atoms with E-state index in [-0.39, 0.29) is 0 Å². The van der Waals surface area contributed by atoms with Crippen molar-refractivity contribution in [3.8, 4) is 89.3 Å². The van der Waals surface area contributed by atoms with Crippen molar-refractivity contribution in [3.63, 3.8) is 0 Å². The van der Waals surface area contributed by atoms with E-state index < -0.39 is 0 Å². The second-order valence-corrected chi connectivity index (χ2v) is 29.4. The highest BCUT2D eigenvalue weighted by molar-refractivity contribution is 6.22. The standard InChI is InChI=1S/C108H70N4O2/c1-3-26-71(27-4-1)74-30-19-32-76(68-74)73-56-58-79(59-57-73)109(96-47-13-9-38-87(96)89-43-24-54-103-106(89)94-41-12-18-53-102(94)113-103)80-60-66-83(67-61-80)112-100-51-17-11-40-93(100)105-91(42-23-52-101(105)112)92-45-22-46-95-107-90(44-25-55-104(107)114-108(92)95)88-39-10-14-48-97(88)110(84-35-21-34-78(70-84)77-33-20-31-75(69-77)72-28-5-2-6-29-72)81-62-64-82(65-63-81)111-98-49-15-7-36-85(98)86-37-8-16-50-99(86)111/h1-70H. The summed E-state index contributed by atoms with van der Waals surface area (Å²) in [7, 11) is 0. The molecule has 0 aliphatic carbocycles. The number of para-hydroxylation sites is 7. The van der Waals surface area contributed by atoms with Crippen molar-refractivity contribution >= 4 is 122 Å². The summed E-state index contributed by atoms with van der Waals surface area (Å²) in [6.45, 7) is 0. The number of hydrogen-bond acceptors (Lipinski definition) is 4. The van der Waals surface area contributed by atoms with Gasteiger partial charge in [0.25, 0.3) is 0 Å². The summed E-state index contributed by atoms with van der Waals surface area (Å²) < 4.78 is 18.7. The van der Waals surface area contributed by atoms with Crippen molar-refractivity contribution < 1.29 is 8.83 Å². The molecule has 114 heavy (non-hydrogen) atoms. The summed E-state index contributed by atoms with van der Waals surface area (Å²) in [5.74, 6) is 0. The first-order chi connectivity index (χ1) is 56.6. The second-order valence-electron chi connectivity index (χ2n) is 29.4. The molecule has 534 valence electrons. The van der Waals surface area contributed by atoms with Crippen LogP contribution in [0.1, 0.15) is 0 Å². The van der Waals surface area contributed by atoms with E-state index in [0.29, 0.717) is 0 Å². The molecule has 22 rings (SSSR count). The van der Waals surface area contributed by atoms with Gasteiger partial charge in [-0.15, -0.1) is 0 Å². The van der Waals surface area contributed by atoms with E-state index in [1.54, 1.807) is 0 Å². The van der Waals surface area contributed by atoms with Crippen molar-refractivity contribution in [2.45, 2.75) is 0 Å². The predicted molar refractivity (Wildman–Crippen MR) is 477 cm³/mol. The third kappa shape index (κ3) is 11.1. The molecule has 0 amide bonds. The number of furan rings is 2. The Labute approximate surface area is 659 Å². The minimum Gasteiger partial charge on any atom is -0.456 e. The molecule has 0 spiro atoms. The van der Waals surface area contributed by atoms with Crippen LogP contribution in [0.4, 0.5) is 34.1 Å². The first-order valence-corrected chi connectivity index (χ1v) is 38.9. The molecule has 0 saturated heterocycles. The largest absolute Gasteiger partial charge is 0.456 e. The second kappa shape index (κ2) is 27.4. The smallest absolute Gasteiger partial charge is 0.143 e. The van der Waals surface area contributed by atoms with E-state index in [1.165, 1.54) is 44.1 Å². The molecule has 0 fully saturated rings. The molecule has 0 aliphatic heterocycles. The Balaban J connectivity index is 0.660. The first-order valence-electron chi connectivity index (χ1n) is 38.9. The van der Waals surface area contributed by atoms with Crippen LogP contribution < -0.4 is 9.80 Å². The topological polar surface area (TPSA) is 42.6 Å².